The zero-order chi connectivity index (χ0) is 21.1. The van der Waals surface area contributed by atoms with Gasteiger partial charge in [-0.05, 0) is 85.1 Å². The second kappa shape index (κ2) is 6.38. The van der Waals surface area contributed by atoms with Crippen LogP contribution in [0.4, 0.5) is 17.1 Å². The highest BCUT2D eigenvalue weighted by Crippen LogP contribution is 2.40. The predicted molar refractivity (Wildman–Crippen MR) is 135 cm³/mol. The molecule has 0 heterocycles. The first-order valence-electron chi connectivity index (χ1n) is 10.3. The molecule has 6 aromatic carbocycles. The summed E-state index contributed by atoms with van der Waals surface area (Å²) in [6.07, 6.45) is 0. The number of fused-ring (bicyclic) bond motifs is 5. The maximum absolute atomic E-state index is 6.35. The summed E-state index contributed by atoms with van der Waals surface area (Å²) in [7, 11) is 0. The summed E-state index contributed by atoms with van der Waals surface area (Å²) in [6.45, 7) is 0. The summed E-state index contributed by atoms with van der Waals surface area (Å²) in [5.41, 5.74) is 22.3. The van der Waals surface area contributed by atoms with E-state index >= 15 is 0 Å². The Labute approximate surface area is 179 Å². The molecule has 0 saturated heterocycles. The minimum atomic E-state index is 0.572. The molecule has 0 atom stereocenters. The lowest BCUT2D eigenvalue weighted by molar-refractivity contribution is 1.62. The summed E-state index contributed by atoms with van der Waals surface area (Å²) in [5.74, 6) is 0. The summed E-state index contributed by atoms with van der Waals surface area (Å²) < 4.78 is 0. The first-order valence-corrected chi connectivity index (χ1v) is 10.3. The van der Waals surface area contributed by atoms with E-state index in [2.05, 4.69) is 72.8 Å². The summed E-state index contributed by atoms with van der Waals surface area (Å²) in [5, 5.41) is 9.67. The molecule has 0 fully saturated rings. The van der Waals surface area contributed by atoms with E-state index < -0.39 is 0 Å². The Morgan fingerprint density at radius 2 is 0.968 bits per heavy atom. The Morgan fingerprint density at radius 3 is 1.68 bits per heavy atom. The van der Waals surface area contributed by atoms with Gasteiger partial charge in [0.15, 0.2) is 0 Å². The quantitative estimate of drug-likeness (QED) is 0.163. The third-order valence-corrected chi connectivity index (χ3v) is 6.19. The third kappa shape index (κ3) is 2.67. The second-order valence-corrected chi connectivity index (χ2v) is 8.16. The number of benzene rings is 6. The molecule has 6 N–H and O–H groups in total. The van der Waals surface area contributed by atoms with Crippen LogP contribution in [0.2, 0.25) is 0 Å². The van der Waals surface area contributed by atoms with Crippen LogP contribution >= 0.6 is 0 Å². The highest BCUT2D eigenvalue weighted by molar-refractivity contribution is 6.17. The van der Waals surface area contributed by atoms with Gasteiger partial charge in [0.25, 0.3) is 0 Å². The number of hydrogen-bond acceptors (Lipinski definition) is 3. The first kappa shape index (κ1) is 17.6. The van der Waals surface area contributed by atoms with Crippen LogP contribution in [0.5, 0.6) is 0 Å². The molecule has 31 heavy (non-hydrogen) atoms. The highest BCUT2D eigenvalue weighted by Gasteiger charge is 2.13. The fourth-order valence-electron chi connectivity index (χ4n) is 4.76. The Morgan fingerprint density at radius 1 is 0.419 bits per heavy atom. The molecule has 0 aromatic heterocycles. The molecule has 0 bridgehead atoms. The lowest BCUT2D eigenvalue weighted by atomic mass is 9.91. The molecular formula is C28H21N3. The lowest BCUT2D eigenvalue weighted by Gasteiger charge is -2.15. The van der Waals surface area contributed by atoms with Gasteiger partial charge in [-0.3, -0.25) is 0 Å². The van der Waals surface area contributed by atoms with Crippen LogP contribution in [0.3, 0.4) is 0 Å². The van der Waals surface area contributed by atoms with Gasteiger partial charge in [-0.2, -0.15) is 0 Å². The van der Waals surface area contributed by atoms with E-state index in [1.165, 1.54) is 32.3 Å². The van der Waals surface area contributed by atoms with Gasteiger partial charge in [0.05, 0.1) is 0 Å². The number of nitrogen functional groups attached to an aromatic ring is 3. The normalized spacial score (nSPS) is 11.6. The van der Waals surface area contributed by atoms with Gasteiger partial charge >= 0.3 is 0 Å². The van der Waals surface area contributed by atoms with Crippen LogP contribution in [0.25, 0.3) is 54.2 Å². The largest absolute Gasteiger partial charge is 0.399 e. The van der Waals surface area contributed by atoms with Crippen LogP contribution in [0, 0.1) is 0 Å². The Kier molecular flexibility index (Phi) is 3.62. The molecule has 148 valence electrons. The highest BCUT2D eigenvalue weighted by atomic mass is 14.7. The molecule has 0 unspecified atom stereocenters. The minimum Gasteiger partial charge on any atom is -0.399 e. The van der Waals surface area contributed by atoms with Crippen molar-refractivity contribution in [3.8, 4) is 11.1 Å². The second-order valence-electron chi connectivity index (χ2n) is 8.16. The zero-order valence-corrected chi connectivity index (χ0v) is 16.9. The summed E-state index contributed by atoms with van der Waals surface area (Å²) in [4.78, 5) is 0. The van der Waals surface area contributed by atoms with Crippen LogP contribution in [0.15, 0.2) is 91.0 Å². The van der Waals surface area contributed by atoms with Gasteiger partial charge < -0.3 is 17.2 Å². The van der Waals surface area contributed by atoms with Crippen molar-refractivity contribution in [1.29, 1.82) is 0 Å². The molecule has 3 nitrogen and oxygen atoms in total. The van der Waals surface area contributed by atoms with Crippen molar-refractivity contribution in [3.63, 3.8) is 0 Å². The molecule has 0 aliphatic heterocycles. The molecule has 0 amide bonds. The Bertz CT molecular complexity index is 1640. The predicted octanol–water partition coefficient (Wildman–Crippen LogP) is 6.71. The van der Waals surface area contributed by atoms with Crippen LogP contribution in [-0.2, 0) is 0 Å². The smallest absolute Gasteiger partial charge is 0.0435 e. The van der Waals surface area contributed by atoms with E-state index in [4.69, 9.17) is 17.2 Å². The number of rotatable bonds is 1. The van der Waals surface area contributed by atoms with E-state index in [9.17, 15) is 0 Å². The monoisotopic (exact) mass is 399 g/mol. The molecule has 0 saturated carbocycles. The number of anilines is 3. The topological polar surface area (TPSA) is 78.1 Å². The van der Waals surface area contributed by atoms with Crippen molar-refractivity contribution in [2.75, 3.05) is 17.2 Å². The van der Waals surface area contributed by atoms with Gasteiger partial charge in [0.1, 0.15) is 0 Å². The van der Waals surface area contributed by atoms with Crippen LogP contribution in [0.1, 0.15) is 0 Å². The molecule has 6 aromatic rings. The average Bonchev–Trinajstić information content (AvgIpc) is 2.76. The maximum Gasteiger partial charge on any atom is 0.0435 e. The third-order valence-electron chi connectivity index (χ3n) is 6.19. The van der Waals surface area contributed by atoms with Crippen molar-refractivity contribution < 1.29 is 0 Å². The van der Waals surface area contributed by atoms with Gasteiger partial charge in [0.2, 0.25) is 0 Å². The molecule has 6 rings (SSSR count). The molecule has 0 aliphatic rings. The number of hydrogen-bond donors (Lipinski definition) is 3. The Hall–Kier alpha value is -4.24. The van der Waals surface area contributed by atoms with Gasteiger partial charge in [0, 0.05) is 22.6 Å². The van der Waals surface area contributed by atoms with Gasteiger partial charge in [-0.1, -0.05) is 54.6 Å². The van der Waals surface area contributed by atoms with Crippen LogP contribution in [-0.4, -0.2) is 0 Å². The molecule has 0 aliphatic carbocycles. The fraction of sp³-hybridized carbons (Fsp3) is 0. The van der Waals surface area contributed by atoms with Crippen molar-refractivity contribution in [2.45, 2.75) is 0 Å². The van der Waals surface area contributed by atoms with Crippen molar-refractivity contribution >= 4 is 60.2 Å². The molecular weight excluding hydrogens is 378 g/mol. The first-order chi connectivity index (χ1) is 15.1. The summed E-state index contributed by atoms with van der Waals surface area (Å²) in [6, 6.07) is 31.7. The standard InChI is InChI=1S/C28H21N3/c29-21-13-26(30)28(27(31)14-21)22-7-3-6-18-11-20-9-8-19-10-16-4-1-2-5-17(16)12-23(19)25(20)15-24(18)22/h1-15H,29-31H2. The Balaban J connectivity index is 1.73. The lowest BCUT2D eigenvalue weighted by Crippen LogP contribution is -1.99. The van der Waals surface area contributed by atoms with E-state index in [1.54, 1.807) is 12.1 Å². The van der Waals surface area contributed by atoms with E-state index in [0.29, 0.717) is 17.1 Å². The number of nitrogens with two attached hydrogens (primary N) is 3. The minimum absolute atomic E-state index is 0.572. The molecule has 0 spiro atoms. The van der Waals surface area contributed by atoms with Crippen molar-refractivity contribution in [1.82, 2.24) is 0 Å². The van der Waals surface area contributed by atoms with Crippen molar-refractivity contribution in [3.05, 3.63) is 91.0 Å². The molecule has 0 radical (unpaired) electrons. The van der Waals surface area contributed by atoms with E-state index in [0.717, 1.165) is 21.9 Å². The van der Waals surface area contributed by atoms with Crippen molar-refractivity contribution in [2.24, 2.45) is 0 Å². The average molecular weight is 399 g/mol. The van der Waals surface area contributed by atoms with E-state index in [-0.39, 0.29) is 0 Å². The van der Waals surface area contributed by atoms with E-state index in [1.807, 2.05) is 6.07 Å². The zero-order valence-electron chi connectivity index (χ0n) is 16.9. The van der Waals surface area contributed by atoms with Crippen LogP contribution < -0.4 is 17.2 Å². The fourth-order valence-corrected chi connectivity index (χ4v) is 4.76. The summed E-state index contributed by atoms with van der Waals surface area (Å²) >= 11 is 0. The SMILES string of the molecule is Nc1cc(N)c(-c2cccc3cc4ccc5cc6ccccc6cc5c4cc23)c(N)c1. The molecule has 3 heteroatoms. The maximum atomic E-state index is 6.35. The van der Waals surface area contributed by atoms with Gasteiger partial charge in [-0.15, -0.1) is 0 Å². The van der Waals surface area contributed by atoms with Gasteiger partial charge in [-0.25, -0.2) is 0 Å².